The molecule has 25 heavy (non-hydrogen) atoms. The summed E-state index contributed by atoms with van der Waals surface area (Å²) in [6, 6.07) is 0.824. The summed E-state index contributed by atoms with van der Waals surface area (Å²) >= 11 is 0. The molecule has 0 aromatic heterocycles. The van der Waals surface area contributed by atoms with E-state index in [0.717, 1.165) is 23.8 Å². The number of piperidine rings is 2. The maximum Gasteiger partial charge on any atom is 0.0314 e. The molecule has 7 aliphatic rings. The molecule has 5 heterocycles. The van der Waals surface area contributed by atoms with Gasteiger partial charge in [0.05, 0.1) is 0 Å². The fraction of sp³-hybridized carbons (Fsp3) is 1.00. The Labute approximate surface area is 153 Å². The second-order valence-corrected chi connectivity index (χ2v) is 11.7. The van der Waals surface area contributed by atoms with Gasteiger partial charge in [0.25, 0.3) is 0 Å². The van der Waals surface area contributed by atoms with E-state index in [-0.39, 0.29) is 0 Å². The highest BCUT2D eigenvalue weighted by Crippen LogP contribution is 2.51. The Morgan fingerprint density at radius 3 is 2.72 bits per heavy atom. The van der Waals surface area contributed by atoms with Crippen molar-refractivity contribution in [2.45, 2.75) is 88.3 Å². The molecule has 5 aliphatic heterocycles. The van der Waals surface area contributed by atoms with Crippen LogP contribution in [0.25, 0.3) is 0 Å². The smallest absolute Gasteiger partial charge is 0.0314 e. The van der Waals surface area contributed by atoms with Crippen LogP contribution in [0.5, 0.6) is 0 Å². The van der Waals surface area contributed by atoms with Crippen LogP contribution < -0.4 is 10.6 Å². The lowest BCUT2D eigenvalue weighted by Gasteiger charge is -2.48. The number of fused-ring (bicyclic) bond motifs is 5. The van der Waals surface area contributed by atoms with E-state index in [2.05, 4.69) is 22.5 Å². The number of rotatable bonds is 4. The largest absolute Gasteiger partial charge is 0.311 e. The molecule has 0 amide bonds. The van der Waals surface area contributed by atoms with Crippen molar-refractivity contribution in [3.63, 3.8) is 0 Å². The van der Waals surface area contributed by atoms with Crippen molar-refractivity contribution in [3.8, 4) is 0 Å². The molecule has 6 bridgehead atoms. The molecule has 0 aromatic carbocycles. The van der Waals surface area contributed by atoms with Gasteiger partial charge in [-0.1, -0.05) is 6.92 Å². The summed E-state index contributed by atoms with van der Waals surface area (Å²) in [4.78, 5) is 2.88. The summed E-state index contributed by atoms with van der Waals surface area (Å²) in [5, 5.41) is 8.02. The van der Waals surface area contributed by atoms with Crippen molar-refractivity contribution >= 4 is 0 Å². The van der Waals surface area contributed by atoms with E-state index in [9.17, 15) is 0 Å². The lowest BCUT2D eigenvalue weighted by Crippen LogP contribution is -2.59. The summed E-state index contributed by atoms with van der Waals surface area (Å²) in [6.07, 6.45) is 14.7. The number of nitrogens with one attached hydrogen (secondary N) is 2. The van der Waals surface area contributed by atoms with Crippen LogP contribution >= 0.6 is 0 Å². The molecule has 2 aliphatic carbocycles. The Hall–Kier alpha value is -0.120. The Kier molecular flexibility index (Phi) is 3.33. The van der Waals surface area contributed by atoms with Crippen LogP contribution in [0.4, 0.5) is 0 Å². The van der Waals surface area contributed by atoms with Gasteiger partial charge in [0.1, 0.15) is 0 Å². The summed E-state index contributed by atoms with van der Waals surface area (Å²) in [6.45, 7) is 7.97. The molecule has 5 unspecified atom stereocenters. The normalized spacial score (nSPS) is 57.0. The first kappa shape index (κ1) is 15.9. The summed E-state index contributed by atoms with van der Waals surface area (Å²) < 4.78 is 0. The zero-order valence-electron chi connectivity index (χ0n) is 16.2. The topological polar surface area (TPSA) is 27.3 Å². The van der Waals surface area contributed by atoms with Gasteiger partial charge >= 0.3 is 0 Å². The zero-order valence-corrected chi connectivity index (χ0v) is 16.2. The van der Waals surface area contributed by atoms with Crippen LogP contribution in [-0.2, 0) is 0 Å². The highest BCUT2D eigenvalue weighted by Gasteiger charge is 2.54. The van der Waals surface area contributed by atoms with Crippen molar-refractivity contribution in [3.05, 3.63) is 0 Å². The minimum absolute atomic E-state index is 0.457. The molecular formula is C22H37N3. The maximum atomic E-state index is 4.13. The molecule has 2 saturated carbocycles. The fourth-order valence-electron chi connectivity index (χ4n) is 8.51. The first-order valence-corrected chi connectivity index (χ1v) is 11.3. The minimum atomic E-state index is 0.457. The van der Waals surface area contributed by atoms with Gasteiger partial charge in [-0.2, -0.15) is 0 Å². The van der Waals surface area contributed by atoms with Crippen molar-refractivity contribution in [1.82, 2.24) is 15.5 Å². The fourth-order valence-corrected chi connectivity index (χ4v) is 8.51. The van der Waals surface area contributed by atoms with E-state index in [1.807, 2.05) is 0 Å². The SMILES string of the molecule is CC12CCC(CN(CC34CCC(CC(CC56CC(CN5)C6)C3)N4)C1)C2. The molecule has 0 aromatic rings. The quantitative estimate of drug-likeness (QED) is 0.821. The standard InChI is InChI=1S/C22H37N3/c1-20-4-2-16(7-20)13-25(14-20)15-21-5-3-19(24-21)6-17(8-21)9-22-10-18(11-22)12-23-22/h16-19,23-24H,2-15H2,1H3. The predicted octanol–water partition coefficient (Wildman–Crippen LogP) is 3.15. The number of hydrogen-bond acceptors (Lipinski definition) is 3. The number of hydrogen-bond donors (Lipinski definition) is 2. The van der Waals surface area contributed by atoms with Crippen molar-refractivity contribution in [2.75, 3.05) is 26.2 Å². The third kappa shape index (κ3) is 2.63. The first-order valence-electron chi connectivity index (χ1n) is 11.3. The Balaban J connectivity index is 1.15. The van der Waals surface area contributed by atoms with Crippen LogP contribution in [-0.4, -0.2) is 48.2 Å². The molecule has 7 fully saturated rings. The second kappa shape index (κ2) is 5.23. The molecule has 3 heteroatoms. The monoisotopic (exact) mass is 343 g/mol. The highest BCUT2D eigenvalue weighted by atomic mass is 15.2. The van der Waals surface area contributed by atoms with Crippen molar-refractivity contribution in [1.29, 1.82) is 0 Å². The van der Waals surface area contributed by atoms with Gasteiger partial charge < -0.3 is 15.5 Å². The third-order valence-corrected chi connectivity index (χ3v) is 9.17. The Bertz CT molecular complexity index is 550. The van der Waals surface area contributed by atoms with Crippen LogP contribution in [0, 0.1) is 23.2 Å². The molecular weight excluding hydrogens is 306 g/mol. The molecule has 0 radical (unpaired) electrons. The summed E-state index contributed by atoms with van der Waals surface area (Å²) in [7, 11) is 0. The van der Waals surface area contributed by atoms with Gasteiger partial charge in [0.2, 0.25) is 0 Å². The van der Waals surface area contributed by atoms with E-state index in [1.54, 1.807) is 0 Å². The average Bonchev–Trinajstić information content (AvgIpc) is 3.23. The van der Waals surface area contributed by atoms with Gasteiger partial charge in [-0.3, -0.25) is 0 Å². The summed E-state index contributed by atoms with van der Waals surface area (Å²) in [5.74, 6) is 2.99. The third-order valence-electron chi connectivity index (χ3n) is 9.17. The van der Waals surface area contributed by atoms with E-state index in [0.29, 0.717) is 16.5 Å². The van der Waals surface area contributed by atoms with E-state index in [1.165, 1.54) is 90.4 Å². The molecule has 3 nitrogen and oxygen atoms in total. The molecule has 140 valence electrons. The maximum absolute atomic E-state index is 4.13. The van der Waals surface area contributed by atoms with Gasteiger partial charge in [-0.15, -0.1) is 0 Å². The average molecular weight is 344 g/mol. The van der Waals surface area contributed by atoms with Gasteiger partial charge in [0.15, 0.2) is 0 Å². The highest BCUT2D eigenvalue weighted by molar-refractivity contribution is 5.12. The summed E-state index contributed by atoms with van der Waals surface area (Å²) in [5.41, 5.74) is 1.67. The Morgan fingerprint density at radius 2 is 1.92 bits per heavy atom. The lowest BCUT2D eigenvalue weighted by molar-refractivity contribution is 0.0567. The molecule has 0 spiro atoms. The van der Waals surface area contributed by atoms with Gasteiger partial charge in [0, 0.05) is 36.8 Å². The first-order chi connectivity index (χ1) is 12.0. The minimum Gasteiger partial charge on any atom is -0.311 e. The van der Waals surface area contributed by atoms with E-state index < -0.39 is 0 Å². The molecule has 7 rings (SSSR count). The second-order valence-electron chi connectivity index (χ2n) is 11.7. The van der Waals surface area contributed by atoms with Crippen molar-refractivity contribution in [2.24, 2.45) is 23.2 Å². The lowest BCUT2D eigenvalue weighted by atomic mass is 9.66. The molecule has 5 atom stereocenters. The zero-order chi connectivity index (χ0) is 16.7. The number of nitrogens with zero attached hydrogens (tertiary/aromatic N) is 1. The van der Waals surface area contributed by atoms with E-state index in [4.69, 9.17) is 0 Å². The van der Waals surface area contributed by atoms with Gasteiger partial charge in [-0.25, -0.2) is 0 Å². The molecule has 5 saturated heterocycles. The van der Waals surface area contributed by atoms with Crippen LogP contribution in [0.3, 0.4) is 0 Å². The van der Waals surface area contributed by atoms with Crippen LogP contribution in [0.1, 0.15) is 71.1 Å². The predicted molar refractivity (Wildman–Crippen MR) is 102 cm³/mol. The van der Waals surface area contributed by atoms with Crippen molar-refractivity contribution < 1.29 is 0 Å². The Morgan fingerprint density at radius 1 is 1.00 bits per heavy atom. The van der Waals surface area contributed by atoms with Crippen LogP contribution in [0.15, 0.2) is 0 Å². The van der Waals surface area contributed by atoms with Gasteiger partial charge in [-0.05, 0) is 93.9 Å². The molecule has 2 N–H and O–H groups in total. The van der Waals surface area contributed by atoms with E-state index >= 15 is 0 Å². The number of likely N-dealkylation sites (tertiary alicyclic amines) is 1. The van der Waals surface area contributed by atoms with Crippen LogP contribution in [0.2, 0.25) is 0 Å².